The van der Waals surface area contributed by atoms with E-state index in [1.807, 2.05) is 38.1 Å². The van der Waals surface area contributed by atoms with E-state index in [1.165, 1.54) is 0 Å². The third-order valence-corrected chi connectivity index (χ3v) is 5.08. The van der Waals surface area contributed by atoms with Crippen LogP contribution < -0.4 is 22.0 Å². The molecule has 0 saturated carbocycles. The zero-order valence-electron chi connectivity index (χ0n) is 16.4. The summed E-state index contributed by atoms with van der Waals surface area (Å²) in [4.78, 5) is 45.1. The van der Waals surface area contributed by atoms with E-state index in [4.69, 9.17) is 0 Å². The molecule has 9 heteroatoms. The number of aromatic nitrogens is 3. The number of aromatic amines is 1. The van der Waals surface area contributed by atoms with Gasteiger partial charge in [-0.15, -0.1) is 0 Å². The first-order valence-electron chi connectivity index (χ1n) is 9.41. The maximum atomic E-state index is 12.5. The fourth-order valence-electron chi connectivity index (χ4n) is 3.53. The minimum Gasteiger partial charge on any atom is -0.349 e. The van der Waals surface area contributed by atoms with E-state index in [1.54, 1.807) is 11.9 Å². The molecule has 28 heavy (non-hydrogen) atoms. The fraction of sp³-hybridized carbons (Fsp3) is 0.474. The van der Waals surface area contributed by atoms with E-state index in [0.717, 1.165) is 15.7 Å². The van der Waals surface area contributed by atoms with E-state index in [0.29, 0.717) is 25.9 Å². The number of piperidine rings is 1. The van der Waals surface area contributed by atoms with Crippen LogP contribution >= 0.6 is 0 Å². The Labute approximate surface area is 162 Å². The predicted octanol–water partition coefficient (Wildman–Crippen LogP) is 1.39. The number of anilines is 1. The van der Waals surface area contributed by atoms with Gasteiger partial charge in [0.15, 0.2) is 0 Å². The van der Waals surface area contributed by atoms with Gasteiger partial charge in [0.05, 0.1) is 6.04 Å². The van der Waals surface area contributed by atoms with Crippen LogP contribution in [0.25, 0.3) is 0 Å². The van der Waals surface area contributed by atoms with Crippen molar-refractivity contribution in [2.24, 2.45) is 0 Å². The van der Waals surface area contributed by atoms with Gasteiger partial charge in [0, 0.05) is 26.2 Å². The topological polar surface area (TPSA) is 112 Å². The molecule has 2 aromatic rings. The van der Waals surface area contributed by atoms with Gasteiger partial charge in [-0.2, -0.15) is 4.98 Å². The standard InChI is InChI=1S/C19H26N6O3/c1-12-5-4-6-14(11-12)13(2)21-16-22-18(27)25(19(28)23-16)15-7-9-24(10-8-15)17(26)20-3/h4-6,11,13,15H,7-10H2,1-3H3,(H,20,26)(H2,21,22,23,27,28)/t13-/m0/s1. The second kappa shape index (κ2) is 8.28. The number of carbonyl (C=O) groups excluding carboxylic acids is 1. The van der Waals surface area contributed by atoms with Crippen molar-refractivity contribution in [1.29, 1.82) is 0 Å². The lowest BCUT2D eigenvalue weighted by atomic mass is 10.1. The summed E-state index contributed by atoms with van der Waals surface area (Å²) in [5, 5.41) is 5.67. The maximum absolute atomic E-state index is 12.5. The average molecular weight is 386 g/mol. The van der Waals surface area contributed by atoms with Crippen LogP contribution in [0.5, 0.6) is 0 Å². The van der Waals surface area contributed by atoms with Crippen LogP contribution in [0, 0.1) is 6.92 Å². The van der Waals surface area contributed by atoms with E-state index in [9.17, 15) is 14.4 Å². The van der Waals surface area contributed by atoms with Crippen LogP contribution in [0.1, 0.15) is 43.0 Å². The normalized spacial score (nSPS) is 15.9. The summed E-state index contributed by atoms with van der Waals surface area (Å²) >= 11 is 0. The Hall–Kier alpha value is -3.10. The second-order valence-electron chi connectivity index (χ2n) is 7.10. The van der Waals surface area contributed by atoms with E-state index in [-0.39, 0.29) is 24.1 Å². The first-order valence-corrected chi connectivity index (χ1v) is 9.41. The van der Waals surface area contributed by atoms with Gasteiger partial charge in [-0.1, -0.05) is 29.8 Å². The fourth-order valence-corrected chi connectivity index (χ4v) is 3.53. The van der Waals surface area contributed by atoms with Gasteiger partial charge in [-0.3, -0.25) is 4.98 Å². The Morgan fingerprint density at radius 1 is 1.29 bits per heavy atom. The SMILES string of the molecule is CNC(=O)N1CCC(n2c(=O)nc(N[C@@H](C)c3cccc(C)c3)[nH]c2=O)CC1. The number of nitrogens with one attached hydrogen (secondary N) is 3. The molecule has 1 atom stereocenters. The van der Waals surface area contributed by atoms with Gasteiger partial charge in [0.25, 0.3) is 0 Å². The van der Waals surface area contributed by atoms with Crippen molar-refractivity contribution in [2.45, 2.75) is 38.8 Å². The monoisotopic (exact) mass is 386 g/mol. The minimum atomic E-state index is -0.582. The first-order chi connectivity index (χ1) is 13.4. The first kappa shape index (κ1) is 19.7. The van der Waals surface area contributed by atoms with E-state index < -0.39 is 11.4 Å². The zero-order valence-corrected chi connectivity index (χ0v) is 16.4. The number of hydrogen-bond donors (Lipinski definition) is 3. The largest absolute Gasteiger partial charge is 0.355 e. The molecule has 0 unspecified atom stereocenters. The number of nitrogens with zero attached hydrogens (tertiary/aromatic N) is 3. The number of likely N-dealkylation sites (tertiary alicyclic amines) is 1. The van der Waals surface area contributed by atoms with Gasteiger partial charge in [-0.05, 0) is 32.3 Å². The predicted molar refractivity (Wildman–Crippen MR) is 107 cm³/mol. The number of H-pyrrole nitrogens is 1. The molecular formula is C19H26N6O3. The minimum absolute atomic E-state index is 0.117. The Morgan fingerprint density at radius 2 is 2.00 bits per heavy atom. The summed E-state index contributed by atoms with van der Waals surface area (Å²) in [7, 11) is 1.58. The molecule has 9 nitrogen and oxygen atoms in total. The van der Waals surface area contributed by atoms with Crippen molar-refractivity contribution in [3.8, 4) is 0 Å². The van der Waals surface area contributed by atoms with Crippen molar-refractivity contribution in [3.05, 3.63) is 56.4 Å². The summed E-state index contributed by atoms with van der Waals surface area (Å²) in [6.07, 6.45) is 1.06. The molecule has 1 aromatic heterocycles. The highest BCUT2D eigenvalue weighted by Crippen LogP contribution is 2.20. The molecular weight excluding hydrogens is 360 g/mol. The highest BCUT2D eigenvalue weighted by molar-refractivity contribution is 5.73. The Morgan fingerprint density at radius 3 is 2.61 bits per heavy atom. The molecule has 0 bridgehead atoms. The molecule has 2 amide bonds. The van der Waals surface area contributed by atoms with Gasteiger partial charge in [0.2, 0.25) is 5.95 Å². The Kier molecular flexibility index (Phi) is 5.81. The lowest BCUT2D eigenvalue weighted by Crippen LogP contribution is -2.47. The smallest absolute Gasteiger partial charge is 0.349 e. The molecule has 1 aliphatic heterocycles. The van der Waals surface area contributed by atoms with Crippen LogP contribution in [-0.4, -0.2) is 45.6 Å². The lowest BCUT2D eigenvalue weighted by molar-refractivity contribution is 0.171. The maximum Gasteiger partial charge on any atom is 0.355 e. The van der Waals surface area contributed by atoms with Crippen LogP contribution in [0.3, 0.4) is 0 Å². The number of benzene rings is 1. The molecule has 2 heterocycles. The van der Waals surface area contributed by atoms with Gasteiger partial charge < -0.3 is 15.5 Å². The molecule has 150 valence electrons. The number of hydrogen-bond acceptors (Lipinski definition) is 5. The van der Waals surface area contributed by atoms with Gasteiger partial charge in [0.1, 0.15) is 0 Å². The lowest BCUT2D eigenvalue weighted by Gasteiger charge is -2.31. The molecule has 3 rings (SSSR count). The highest BCUT2D eigenvalue weighted by Gasteiger charge is 2.26. The van der Waals surface area contributed by atoms with E-state index in [2.05, 4.69) is 20.6 Å². The molecule has 1 aromatic carbocycles. The Bertz CT molecular complexity index is 927. The summed E-state index contributed by atoms with van der Waals surface area (Å²) in [6.45, 7) is 4.92. The molecule has 3 N–H and O–H groups in total. The molecule has 0 radical (unpaired) electrons. The van der Waals surface area contributed by atoms with Crippen molar-refractivity contribution >= 4 is 12.0 Å². The molecule has 1 aliphatic rings. The number of amides is 2. The molecule has 0 aliphatic carbocycles. The third kappa shape index (κ3) is 4.24. The summed E-state index contributed by atoms with van der Waals surface area (Å²) in [5.41, 5.74) is 1.10. The molecule has 0 spiro atoms. The third-order valence-electron chi connectivity index (χ3n) is 5.08. The van der Waals surface area contributed by atoms with Gasteiger partial charge in [-0.25, -0.2) is 19.0 Å². The van der Waals surface area contributed by atoms with Crippen molar-refractivity contribution in [2.75, 3.05) is 25.5 Å². The van der Waals surface area contributed by atoms with Crippen LogP contribution in [-0.2, 0) is 0 Å². The number of aryl methyl sites for hydroxylation is 1. The van der Waals surface area contributed by atoms with Crippen LogP contribution in [0.2, 0.25) is 0 Å². The second-order valence-corrected chi connectivity index (χ2v) is 7.10. The molecule has 1 fully saturated rings. The van der Waals surface area contributed by atoms with Crippen molar-refractivity contribution in [1.82, 2.24) is 24.8 Å². The molecule has 1 saturated heterocycles. The van der Waals surface area contributed by atoms with Crippen LogP contribution in [0.4, 0.5) is 10.7 Å². The quantitative estimate of drug-likeness (QED) is 0.735. The zero-order chi connectivity index (χ0) is 20.3. The summed E-state index contributed by atoms with van der Waals surface area (Å²) in [5.74, 6) is 0.156. The van der Waals surface area contributed by atoms with E-state index >= 15 is 0 Å². The number of carbonyl (C=O) groups is 1. The summed E-state index contributed by atoms with van der Waals surface area (Å²) < 4.78 is 1.16. The average Bonchev–Trinajstić information content (AvgIpc) is 2.67. The summed E-state index contributed by atoms with van der Waals surface area (Å²) in [6, 6.07) is 7.45. The van der Waals surface area contributed by atoms with Crippen molar-refractivity contribution in [3.63, 3.8) is 0 Å². The number of rotatable bonds is 4. The van der Waals surface area contributed by atoms with Gasteiger partial charge >= 0.3 is 17.4 Å². The number of urea groups is 1. The van der Waals surface area contributed by atoms with Crippen molar-refractivity contribution < 1.29 is 4.79 Å². The Balaban J connectivity index is 1.74. The van der Waals surface area contributed by atoms with Crippen LogP contribution in [0.15, 0.2) is 33.9 Å². The highest BCUT2D eigenvalue weighted by atomic mass is 16.2.